The Morgan fingerprint density at radius 1 is 0.312 bits per heavy atom. The quantitative estimate of drug-likeness (QED) is 0.184. The van der Waals surface area contributed by atoms with E-state index in [-0.39, 0.29) is 0 Å². The fraction of sp³-hybridized carbons (Fsp3) is 0. The van der Waals surface area contributed by atoms with E-state index in [1.54, 1.807) is 0 Å². The Hall–Kier alpha value is -6.38. The van der Waals surface area contributed by atoms with E-state index in [1.807, 2.05) is 12.1 Å². The van der Waals surface area contributed by atoms with Crippen molar-refractivity contribution < 1.29 is 4.42 Å². The molecule has 2 nitrogen and oxygen atoms in total. The molecule has 0 saturated heterocycles. The molecule has 0 amide bonds. The number of furan rings is 1. The summed E-state index contributed by atoms with van der Waals surface area (Å²) in [4.78, 5) is 2.38. The molecule has 48 heavy (non-hydrogen) atoms. The van der Waals surface area contributed by atoms with Crippen molar-refractivity contribution in [1.29, 1.82) is 0 Å². The van der Waals surface area contributed by atoms with Crippen LogP contribution in [0, 0.1) is 0 Å². The number of fused-ring (bicyclic) bond motifs is 9. The van der Waals surface area contributed by atoms with Crippen LogP contribution in [0.15, 0.2) is 180 Å². The van der Waals surface area contributed by atoms with Gasteiger partial charge in [0.25, 0.3) is 0 Å². The Labute approximate surface area is 277 Å². The van der Waals surface area contributed by atoms with Gasteiger partial charge in [-0.25, -0.2) is 0 Å². The van der Waals surface area contributed by atoms with Gasteiger partial charge in [-0.2, -0.15) is 0 Å². The summed E-state index contributed by atoms with van der Waals surface area (Å²) in [5, 5.41) is 12.1. The minimum absolute atomic E-state index is 0.919. The summed E-state index contributed by atoms with van der Waals surface area (Å²) in [6.07, 6.45) is 0. The lowest BCUT2D eigenvalue weighted by Crippen LogP contribution is -2.09. The molecule has 224 valence electrons. The Morgan fingerprint density at radius 2 is 0.938 bits per heavy atom. The van der Waals surface area contributed by atoms with Crippen molar-refractivity contribution in [3.63, 3.8) is 0 Å². The van der Waals surface area contributed by atoms with Crippen LogP contribution < -0.4 is 4.90 Å². The molecule has 0 unspecified atom stereocenters. The van der Waals surface area contributed by atoms with Crippen molar-refractivity contribution >= 4 is 82.1 Å². The van der Waals surface area contributed by atoms with E-state index in [9.17, 15) is 0 Å². The zero-order valence-electron chi connectivity index (χ0n) is 26.1. The van der Waals surface area contributed by atoms with Crippen LogP contribution in [0.4, 0.5) is 17.1 Å². The highest BCUT2D eigenvalue weighted by atomic mass is 16.3. The Morgan fingerprint density at radius 3 is 1.79 bits per heavy atom. The molecule has 10 rings (SSSR count). The Balaban J connectivity index is 1.22. The van der Waals surface area contributed by atoms with E-state index >= 15 is 0 Å². The first kappa shape index (κ1) is 26.8. The number of rotatable bonds is 4. The third-order valence-corrected chi connectivity index (χ3v) is 9.78. The first-order valence-electron chi connectivity index (χ1n) is 16.4. The maximum atomic E-state index is 6.24. The zero-order chi connectivity index (χ0) is 31.6. The standard InChI is InChI=1S/C46H29NO/c1-3-11-30(12-4-1)40-25-32-13-7-8-16-37(32)43-28-36(23-24-38(40)43)47(34-14-5-2-6-15-34)35-22-21-31-19-20-33-26-46-44(29-42(33)41(31)27-35)39-17-9-10-18-45(39)48-46/h1-29H. The van der Waals surface area contributed by atoms with Crippen molar-refractivity contribution in [2.75, 3.05) is 4.90 Å². The van der Waals surface area contributed by atoms with Gasteiger partial charge in [0.05, 0.1) is 0 Å². The summed E-state index contributed by atoms with van der Waals surface area (Å²) in [6, 6.07) is 63.5. The lowest BCUT2D eigenvalue weighted by atomic mass is 9.92. The van der Waals surface area contributed by atoms with Crippen LogP contribution >= 0.6 is 0 Å². The van der Waals surface area contributed by atoms with Crippen molar-refractivity contribution in [1.82, 2.24) is 0 Å². The molecule has 2 heteroatoms. The van der Waals surface area contributed by atoms with Crippen molar-refractivity contribution in [2.45, 2.75) is 0 Å². The van der Waals surface area contributed by atoms with E-state index in [0.717, 1.165) is 39.0 Å². The van der Waals surface area contributed by atoms with Crippen LogP contribution in [0.2, 0.25) is 0 Å². The molecule has 9 aromatic carbocycles. The highest BCUT2D eigenvalue weighted by Gasteiger charge is 2.17. The Kier molecular flexibility index (Phi) is 5.91. The second kappa shape index (κ2) is 10.6. The lowest BCUT2D eigenvalue weighted by molar-refractivity contribution is 0.669. The first-order chi connectivity index (χ1) is 23.8. The molecular formula is C46H29NO. The van der Waals surface area contributed by atoms with E-state index < -0.39 is 0 Å². The number of hydrogen-bond acceptors (Lipinski definition) is 2. The normalized spacial score (nSPS) is 11.8. The topological polar surface area (TPSA) is 16.4 Å². The average Bonchev–Trinajstić information content (AvgIpc) is 3.52. The Bertz CT molecular complexity index is 2830. The van der Waals surface area contributed by atoms with Crippen LogP contribution in [0.5, 0.6) is 0 Å². The van der Waals surface area contributed by atoms with Crippen LogP contribution in [-0.2, 0) is 0 Å². The maximum absolute atomic E-state index is 6.24. The molecular weight excluding hydrogens is 583 g/mol. The highest BCUT2D eigenvalue weighted by molar-refractivity contribution is 6.18. The van der Waals surface area contributed by atoms with Gasteiger partial charge in [-0.05, 0) is 115 Å². The van der Waals surface area contributed by atoms with E-state index in [2.05, 4.69) is 169 Å². The molecule has 0 atom stereocenters. The molecule has 1 aromatic heterocycles. The molecule has 0 bridgehead atoms. The second-order valence-electron chi connectivity index (χ2n) is 12.6. The van der Waals surface area contributed by atoms with Crippen LogP contribution in [0.25, 0.3) is 76.2 Å². The minimum Gasteiger partial charge on any atom is -0.456 e. The first-order valence-corrected chi connectivity index (χ1v) is 16.4. The van der Waals surface area contributed by atoms with Crippen molar-refractivity contribution in [3.05, 3.63) is 176 Å². The summed E-state index contributed by atoms with van der Waals surface area (Å²) in [7, 11) is 0. The number of para-hydroxylation sites is 2. The molecule has 0 aliphatic carbocycles. The largest absolute Gasteiger partial charge is 0.456 e. The highest BCUT2D eigenvalue weighted by Crippen LogP contribution is 2.42. The summed E-state index contributed by atoms with van der Waals surface area (Å²) in [5.74, 6) is 0. The molecule has 0 N–H and O–H groups in total. The molecule has 0 aliphatic rings. The molecule has 10 aromatic rings. The predicted octanol–water partition coefficient (Wildman–Crippen LogP) is 13.3. The van der Waals surface area contributed by atoms with Gasteiger partial charge in [0.15, 0.2) is 0 Å². The van der Waals surface area contributed by atoms with Crippen molar-refractivity contribution in [3.8, 4) is 11.1 Å². The lowest BCUT2D eigenvalue weighted by Gasteiger charge is -2.27. The summed E-state index contributed by atoms with van der Waals surface area (Å²) >= 11 is 0. The molecule has 0 aliphatic heterocycles. The predicted molar refractivity (Wildman–Crippen MR) is 204 cm³/mol. The van der Waals surface area contributed by atoms with E-state index in [4.69, 9.17) is 4.42 Å². The van der Waals surface area contributed by atoms with Crippen LogP contribution in [-0.4, -0.2) is 0 Å². The number of hydrogen-bond donors (Lipinski definition) is 0. The summed E-state index contributed by atoms with van der Waals surface area (Å²) in [5.41, 5.74) is 7.65. The third-order valence-electron chi connectivity index (χ3n) is 9.78. The third kappa shape index (κ3) is 4.20. The minimum atomic E-state index is 0.919. The van der Waals surface area contributed by atoms with E-state index in [1.165, 1.54) is 54.2 Å². The fourth-order valence-electron chi connectivity index (χ4n) is 7.51. The second-order valence-corrected chi connectivity index (χ2v) is 12.6. The van der Waals surface area contributed by atoms with Gasteiger partial charge in [-0.3, -0.25) is 0 Å². The van der Waals surface area contributed by atoms with Crippen molar-refractivity contribution in [2.24, 2.45) is 0 Å². The van der Waals surface area contributed by atoms with Gasteiger partial charge in [-0.15, -0.1) is 0 Å². The molecule has 1 heterocycles. The van der Waals surface area contributed by atoms with Gasteiger partial charge in [0, 0.05) is 27.8 Å². The smallest absolute Gasteiger partial charge is 0.136 e. The molecule has 0 fully saturated rings. The SMILES string of the molecule is c1ccc(-c2cc3ccccc3c3cc(N(c4ccccc4)c4ccc5ccc6cc7oc8ccccc8c7cc6c5c4)ccc23)cc1. The fourth-order valence-corrected chi connectivity index (χ4v) is 7.51. The summed E-state index contributed by atoms with van der Waals surface area (Å²) in [6.45, 7) is 0. The van der Waals surface area contributed by atoms with Gasteiger partial charge in [0.2, 0.25) is 0 Å². The van der Waals surface area contributed by atoms with Gasteiger partial charge in [0.1, 0.15) is 11.2 Å². The van der Waals surface area contributed by atoms with Gasteiger partial charge >= 0.3 is 0 Å². The maximum Gasteiger partial charge on any atom is 0.136 e. The number of nitrogens with zero attached hydrogens (tertiary/aromatic N) is 1. The molecule has 0 saturated carbocycles. The number of benzene rings is 9. The van der Waals surface area contributed by atoms with Gasteiger partial charge < -0.3 is 9.32 Å². The summed E-state index contributed by atoms with van der Waals surface area (Å²) < 4.78 is 6.24. The van der Waals surface area contributed by atoms with E-state index in [0.29, 0.717) is 0 Å². The number of anilines is 3. The monoisotopic (exact) mass is 611 g/mol. The zero-order valence-corrected chi connectivity index (χ0v) is 26.1. The van der Waals surface area contributed by atoms with Crippen LogP contribution in [0.1, 0.15) is 0 Å². The molecule has 0 spiro atoms. The average molecular weight is 612 g/mol. The van der Waals surface area contributed by atoms with Crippen LogP contribution in [0.3, 0.4) is 0 Å². The van der Waals surface area contributed by atoms with Gasteiger partial charge in [-0.1, -0.05) is 115 Å². The molecule has 0 radical (unpaired) electrons.